The van der Waals surface area contributed by atoms with Crippen LogP contribution in [0.25, 0.3) is 0 Å². The number of nitrogen functional groups attached to an aromatic ring is 1. The number of hydrogen-bond acceptors (Lipinski definition) is 11. The number of hydrazine groups is 1. The number of esters is 1. The number of benzene rings is 2. The number of nitrogens with two attached hydrogens (primary N) is 1. The van der Waals surface area contributed by atoms with E-state index in [1.165, 1.54) is 30.3 Å². The number of hydrogen-bond donors (Lipinski definition) is 4. The number of aromatic hydroxyl groups is 1. The van der Waals surface area contributed by atoms with Gasteiger partial charge in [-0.2, -0.15) is 13.8 Å². The van der Waals surface area contributed by atoms with Crippen LogP contribution in [0.2, 0.25) is 0 Å². The number of carbonyl (C=O) groups excluding carboxylic acids is 1. The summed E-state index contributed by atoms with van der Waals surface area (Å²) in [5.41, 5.74) is 8.41. The van der Waals surface area contributed by atoms with Crippen molar-refractivity contribution in [3.63, 3.8) is 0 Å². The van der Waals surface area contributed by atoms with Crippen LogP contribution in [-0.2, 0) is 9.53 Å². The molecule has 0 amide bonds. The lowest BCUT2D eigenvalue weighted by molar-refractivity contribution is -0.145. The number of likely N-dealkylation sites (N-methyl/N-ethyl adjacent to an activating group) is 1. The number of carbonyl (C=O) groups is 1. The first kappa shape index (κ1) is 28.5. The van der Waals surface area contributed by atoms with Gasteiger partial charge in [0.25, 0.3) is 11.8 Å². The third-order valence-electron chi connectivity index (χ3n) is 6.84. The molecule has 5 rings (SSSR count). The number of halogens is 2. The number of nitrogens with zero attached hydrogens (tertiary/aromatic N) is 4. The first-order chi connectivity index (χ1) is 20.2. The molecule has 3 aromatic rings. The fraction of sp³-hybridized carbons (Fsp3) is 0.286. The number of amidine groups is 2. The minimum Gasteiger partial charge on any atom is -0.504 e. The van der Waals surface area contributed by atoms with Crippen molar-refractivity contribution in [2.24, 2.45) is 10.7 Å². The molecule has 2 aromatic carbocycles. The Morgan fingerprint density at radius 2 is 1.90 bits per heavy atom. The Morgan fingerprint density at radius 1 is 1.14 bits per heavy atom. The normalized spacial score (nSPS) is 16.7. The summed E-state index contributed by atoms with van der Waals surface area (Å²) in [4.78, 5) is 22.7. The van der Waals surface area contributed by atoms with Gasteiger partial charge in [-0.1, -0.05) is 12.1 Å². The number of ether oxygens (including phenoxy) is 3. The molecule has 1 saturated heterocycles. The highest BCUT2D eigenvalue weighted by molar-refractivity contribution is 6.00. The Kier molecular flexibility index (Phi) is 8.06. The zero-order valence-corrected chi connectivity index (χ0v) is 22.9. The SMILES string of the molecule is COC(=O)C1CCCN1Nc1c(F)c(Oc2cccc(C3=NCCN3C)c2)nc(Oc2cc(C(=N)N)ccc2O)c1F. The lowest BCUT2D eigenvalue weighted by atomic mass is 10.2. The predicted octanol–water partition coefficient (Wildman–Crippen LogP) is 3.59. The van der Waals surface area contributed by atoms with Crippen molar-refractivity contribution < 1.29 is 32.9 Å². The zero-order chi connectivity index (χ0) is 30.0. The molecule has 14 heteroatoms. The molecule has 3 heterocycles. The lowest BCUT2D eigenvalue weighted by Gasteiger charge is -2.25. The molecular formula is C28H29F2N7O5. The maximum Gasteiger partial charge on any atom is 0.324 e. The molecule has 42 heavy (non-hydrogen) atoms. The number of aliphatic imine (C=N–C) groups is 1. The summed E-state index contributed by atoms with van der Waals surface area (Å²) >= 11 is 0. The van der Waals surface area contributed by atoms with E-state index in [1.807, 2.05) is 18.0 Å². The number of methoxy groups -OCH3 is 1. The van der Waals surface area contributed by atoms with Gasteiger partial charge in [0.05, 0.1) is 13.7 Å². The summed E-state index contributed by atoms with van der Waals surface area (Å²) in [6.07, 6.45) is 0.988. The summed E-state index contributed by atoms with van der Waals surface area (Å²) in [6, 6.07) is 9.77. The Balaban J connectivity index is 1.55. The van der Waals surface area contributed by atoms with Crippen molar-refractivity contribution in [3.8, 4) is 29.0 Å². The Bertz CT molecular complexity index is 1570. The molecule has 1 aromatic heterocycles. The third-order valence-corrected chi connectivity index (χ3v) is 6.84. The highest BCUT2D eigenvalue weighted by Gasteiger charge is 2.34. The highest BCUT2D eigenvalue weighted by Crippen LogP contribution is 2.39. The molecule has 0 aliphatic carbocycles. The van der Waals surface area contributed by atoms with Crippen LogP contribution in [0, 0.1) is 17.0 Å². The van der Waals surface area contributed by atoms with Crippen LogP contribution in [0.5, 0.6) is 29.0 Å². The molecule has 2 aliphatic heterocycles. The Hall–Kier alpha value is -4.98. The van der Waals surface area contributed by atoms with E-state index in [2.05, 4.69) is 15.4 Å². The number of pyridine rings is 1. The van der Waals surface area contributed by atoms with Crippen LogP contribution in [0.4, 0.5) is 14.5 Å². The molecule has 220 valence electrons. The third kappa shape index (κ3) is 5.74. The maximum absolute atomic E-state index is 15.9. The van der Waals surface area contributed by atoms with Crippen LogP contribution >= 0.6 is 0 Å². The highest BCUT2D eigenvalue weighted by atomic mass is 19.1. The molecule has 1 atom stereocenters. The topological polar surface area (TPSA) is 159 Å². The van der Waals surface area contributed by atoms with Crippen molar-refractivity contribution in [2.45, 2.75) is 18.9 Å². The standard InChI is InChI=1S/C28H29F2N7O5/c1-36-12-10-33-25(36)16-5-3-6-17(13-16)41-26-21(29)23(35-37-11-4-7-18(37)28(39)40-2)22(30)27(34-26)42-20-14-15(24(31)32)8-9-19(20)38/h3,5-6,8-9,13-14,18,38H,4,7,10-12H2,1-2H3,(H3,31,32)(H,34,35). The van der Waals surface area contributed by atoms with E-state index >= 15 is 8.78 Å². The average molecular weight is 582 g/mol. The van der Waals surface area contributed by atoms with Gasteiger partial charge in [0.2, 0.25) is 11.6 Å². The van der Waals surface area contributed by atoms with E-state index in [9.17, 15) is 9.90 Å². The minimum absolute atomic E-state index is 0.190. The zero-order valence-electron chi connectivity index (χ0n) is 22.9. The Morgan fingerprint density at radius 3 is 2.60 bits per heavy atom. The van der Waals surface area contributed by atoms with Crippen LogP contribution < -0.4 is 20.6 Å². The van der Waals surface area contributed by atoms with Gasteiger partial charge in [-0.25, -0.2) is 5.01 Å². The van der Waals surface area contributed by atoms with E-state index in [0.717, 1.165) is 17.9 Å². The molecule has 1 fully saturated rings. The second-order valence-corrected chi connectivity index (χ2v) is 9.67. The van der Waals surface area contributed by atoms with Gasteiger partial charge in [0.1, 0.15) is 29.1 Å². The first-order valence-corrected chi connectivity index (χ1v) is 13.1. The fourth-order valence-electron chi connectivity index (χ4n) is 4.68. The number of phenolic OH excluding ortho intramolecular Hbond substituents is 1. The number of nitrogens with one attached hydrogen (secondary N) is 2. The van der Waals surface area contributed by atoms with Crippen molar-refractivity contribution in [1.29, 1.82) is 5.41 Å². The second kappa shape index (κ2) is 11.9. The number of rotatable bonds is 9. The smallest absolute Gasteiger partial charge is 0.324 e. The fourth-order valence-corrected chi connectivity index (χ4v) is 4.68. The van der Waals surface area contributed by atoms with Gasteiger partial charge in [-0.3, -0.25) is 15.2 Å². The van der Waals surface area contributed by atoms with Crippen molar-refractivity contribution >= 4 is 23.3 Å². The second-order valence-electron chi connectivity index (χ2n) is 9.67. The molecule has 5 N–H and O–H groups in total. The van der Waals surface area contributed by atoms with E-state index in [1.54, 1.807) is 18.2 Å². The molecule has 1 unspecified atom stereocenters. The van der Waals surface area contributed by atoms with Crippen LogP contribution in [0.1, 0.15) is 24.0 Å². The van der Waals surface area contributed by atoms with Crippen LogP contribution in [0.15, 0.2) is 47.5 Å². The van der Waals surface area contributed by atoms with Gasteiger partial charge < -0.3 is 35.4 Å². The largest absolute Gasteiger partial charge is 0.504 e. The lowest BCUT2D eigenvalue weighted by Crippen LogP contribution is -2.41. The van der Waals surface area contributed by atoms with Crippen molar-refractivity contribution in [1.82, 2.24) is 14.9 Å². The van der Waals surface area contributed by atoms with Gasteiger partial charge in [0.15, 0.2) is 11.5 Å². The monoisotopic (exact) mass is 581 g/mol. The molecular weight excluding hydrogens is 552 g/mol. The van der Waals surface area contributed by atoms with Gasteiger partial charge in [-0.15, -0.1) is 0 Å². The summed E-state index contributed by atoms with van der Waals surface area (Å²) in [7, 11) is 3.13. The van der Waals surface area contributed by atoms with Crippen LogP contribution in [-0.4, -0.2) is 77.5 Å². The van der Waals surface area contributed by atoms with Gasteiger partial charge in [-0.05, 0) is 43.2 Å². The van der Waals surface area contributed by atoms with E-state index in [0.29, 0.717) is 25.9 Å². The molecule has 0 spiro atoms. The van der Waals surface area contributed by atoms with Gasteiger partial charge >= 0.3 is 5.97 Å². The molecule has 2 aliphatic rings. The number of aromatic nitrogens is 1. The first-order valence-electron chi connectivity index (χ1n) is 13.1. The maximum atomic E-state index is 15.9. The Labute approximate surface area is 239 Å². The molecule has 0 saturated carbocycles. The van der Waals surface area contributed by atoms with Crippen molar-refractivity contribution in [2.75, 3.05) is 39.2 Å². The molecule has 0 bridgehead atoms. The summed E-state index contributed by atoms with van der Waals surface area (Å²) < 4.78 is 48.0. The van der Waals surface area contributed by atoms with E-state index < -0.39 is 46.8 Å². The minimum atomic E-state index is -1.25. The summed E-state index contributed by atoms with van der Waals surface area (Å²) in [5, 5.41) is 19.3. The van der Waals surface area contributed by atoms with E-state index in [-0.39, 0.29) is 22.9 Å². The molecule has 12 nitrogen and oxygen atoms in total. The summed E-state index contributed by atoms with van der Waals surface area (Å²) in [5.74, 6) is -4.44. The quantitative estimate of drug-likeness (QED) is 0.167. The number of anilines is 1. The average Bonchev–Trinajstić information content (AvgIpc) is 3.63. The van der Waals surface area contributed by atoms with Crippen molar-refractivity contribution in [3.05, 3.63) is 65.2 Å². The van der Waals surface area contributed by atoms with Crippen LogP contribution in [0.3, 0.4) is 0 Å². The van der Waals surface area contributed by atoms with E-state index in [4.69, 9.17) is 25.4 Å². The van der Waals surface area contributed by atoms with Gasteiger partial charge in [0, 0.05) is 31.3 Å². The summed E-state index contributed by atoms with van der Waals surface area (Å²) in [6.45, 7) is 1.69. The predicted molar refractivity (Wildman–Crippen MR) is 149 cm³/mol. The molecule has 0 radical (unpaired) electrons. The number of phenols is 1.